The van der Waals surface area contributed by atoms with Crippen LogP contribution in [0.1, 0.15) is 106 Å². The van der Waals surface area contributed by atoms with Crippen molar-refractivity contribution in [2.24, 2.45) is 64.1 Å². The Hall–Kier alpha value is 1.79. The summed E-state index contributed by atoms with van der Waals surface area (Å²) in [4.78, 5) is 0. The van der Waals surface area contributed by atoms with Gasteiger partial charge in [-0.05, 0) is 72.5 Å². The van der Waals surface area contributed by atoms with E-state index in [0.717, 1.165) is 53.3 Å². The largest absolute Gasteiger partial charge is 0.328 e. The normalized spacial score (nSPS) is 48.8. The van der Waals surface area contributed by atoms with E-state index in [9.17, 15) is 0 Å². The number of fused-ring (bicyclic) bond motifs is 5. The van der Waals surface area contributed by atoms with Gasteiger partial charge >= 0.3 is 0 Å². The summed E-state index contributed by atoms with van der Waals surface area (Å²) in [5.74, 6) is 8.43. The quantitative estimate of drug-likeness (QED) is 0.203. The molecular formula is C29H50WY-2. The molecule has 4 aliphatic rings. The first-order valence-electron chi connectivity index (χ1n) is 13.3. The second-order valence-electron chi connectivity index (χ2n) is 13.1. The second kappa shape index (κ2) is 11.2. The predicted octanol–water partition coefficient (Wildman–Crippen LogP) is 8.61. The summed E-state index contributed by atoms with van der Waals surface area (Å²) in [7, 11) is 0. The molecule has 4 saturated carbocycles. The van der Waals surface area contributed by atoms with E-state index in [2.05, 4.69) is 61.3 Å². The zero-order chi connectivity index (χ0) is 21.0. The Kier molecular flexibility index (Phi) is 10.5. The van der Waals surface area contributed by atoms with Crippen LogP contribution >= 0.6 is 0 Å². The van der Waals surface area contributed by atoms with Gasteiger partial charge in [0.2, 0.25) is 0 Å². The van der Waals surface area contributed by atoms with Crippen molar-refractivity contribution in [3.8, 4) is 0 Å². The minimum atomic E-state index is 0. The molecule has 5 unspecified atom stereocenters. The molecule has 0 aromatic carbocycles. The topological polar surface area (TPSA) is 0 Å². The number of rotatable bonds is 5. The van der Waals surface area contributed by atoms with Gasteiger partial charge < -0.3 is 12.8 Å². The summed E-state index contributed by atoms with van der Waals surface area (Å²) in [5.41, 5.74) is 1.21. The van der Waals surface area contributed by atoms with Gasteiger partial charge in [0.15, 0.2) is 0 Å². The smallest absolute Gasteiger partial charge is 0 e. The minimum Gasteiger partial charge on any atom is -0.328 e. The van der Waals surface area contributed by atoms with Crippen LogP contribution in [0.4, 0.5) is 0 Å². The Morgan fingerprint density at radius 1 is 0.903 bits per heavy atom. The third-order valence-electron chi connectivity index (χ3n) is 11.2. The monoisotopic (exact) mass is 671 g/mol. The molecule has 10 atom stereocenters. The summed E-state index contributed by atoms with van der Waals surface area (Å²) in [6, 6.07) is 0. The predicted molar refractivity (Wildman–Crippen MR) is 126 cm³/mol. The molecule has 0 saturated heterocycles. The summed E-state index contributed by atoms with van der Waals surface area (Å²) < 4.78 is 0. The fraction of sp³-hybridized carbons (Fsp3) is 0.931. The third-order valence-corrected chi connectivity index (χ3v) is 11.2. The van der Waals surface area contributed by atoms with E-state index in [1.807, 2.05) is 0 Å². The van der Waals surface area contributed by atoms with Crippen molar-refractivity contribution in [3.05, 3.63) is 12.8 Å². The molecule has 0 N–H and O–H groups in total. The number of unbranched alkanes of at least 4 members (excludes halogenated alkanes) is 1. The SMILES string of the molecule is CC(C)[CH-]CC[CH-]C1CCC2C3C(C)C[C@H]4C[C@@H](C)CC[C@]4(C)C3C[C@@H](C)[C@]12C.[W].[Y]. The van der Waals surface area contributed by atoms with Gasteiger partial charge in [0.1, 0.15) is 0 Å². The zero-order valence-electron chi connectivity index (χ0n) is 21.7. The fourth-order valence-corrected chi connectivity index (χ4v) is 9.36. The van der Waals surface area contributed by atoms with Gasteiger partial charge in [0.05, 0.1) is 0 Å². The van der Waals surface area contributed by atoms with Crippen LogP contribution in [0.25, 0.3) is 0 Å². The maximum absolute atomic E-state index is 2.77. The van der Waals surface area contributed by atoms with E-state index < -0.39 is 0 Å². The number of hydrogen-bond acceptors (Lipinski definition) is 0. The third kappa shape index (κ3) is 5.18. The second-order valence-corrected chi connectivity index (χ2v) is 13.1. The van der Waals surface area contributed by atoms with Crippen LogP contribution in [0.2, 0.25) is 0 Å². The van der Waals surface area contributed by atoms with Crippen molar-refractivity contribution in [3.63, 3.8) is 0 Å². The van der Waals surface area contributed by atoms with Crippen LogP contribution in [-0.4, -0.2) is 0 Å². The molecule has 0 nitrogen and oxygen atoms in total. The maximum atomic E-state index is 2.77. The molecule has 0 heterocycles. The van der Waals surface area contributed by atoms with E-state index in [-0.39, 0.29) is 53.8 Å². The fourth-order valence-electron chi connectivity index (χ4n) is 9.36. The molecule has 2 heteroatoms. The van der Waals surface area contributed by atoms with Crippen molar-refractivity contribution in [2.75, 3.05) is 0 Å². The van der Waals surface area contributed by atoms with Crippen LogP contribution in [0.3, 0.4) is 0 Å². The van der Waals surface area contributed by atoms with Crippen LogP contribution in [0.15, 0.2) is 0 Å². The van der Waals surface area contributed by atoms with E-state index in [1.165, 1.54) is 57.8 Å². The molecule has 0 aromatic rings. The van der Waals surface area contributed by atoms with Gasteiger partial charge in [-0.15, -0.1) is 0 Å². The van der Waals surface area contributed by atoms with E-state index in [0.29, 0.717) is 10.8 Å². The Morgan fingerprint density at radius 2 is 1.61 bits per heavy atom. The van der Waals surface area contributed by atoms with Crippen molar-refractivity contribution >= 4 is 0 Å². The molecule has 177 valence electrons. The zero-order valence-corrected chi connectivity index (χ0v) is 27.5. The van der Waals surface area contributed by atoms with Gasteiger partial charge in [-0.25, -0.2) is 12.8 Å². The summed E-state index contributed by atoms with van der Waals surface area (Å²) in [5, 5.41) is 0. The first-order chi connectivity index (χ1) is 13.7. The molecule has 0 amide bonds. The molecule has 0 aliphatic heterocycles. The Labute approximate surface area is 235 Å². The Balaban J connectivity index is 0.00000171. The van der Waals surface area contributed by atoms with Crippen molar-refractivity contribution in [1.29, 1.82) is 0 Å². The maximum Gasteiger partial charge on any atom is 0 e. The van der Waals surface area contributed by atoms with Gasteiger partial charge in [0, 0.05) is 53.8 Å². The van der Waals surface area contributed by atoms with E-state index >= 15 is 0 Å². The van der Waals surface area contributed by atoms with Crippen LogP contribution in [0, 0.1) is 76.9 Å². The van der Waals surface area contributed by atoms with E-state index in [1.54, 1.807) is 0 Å². The average molecular weight is 671 g/mol. The summed E-state index contributed by atoms with van der Waals surface area (Å²) in [6.07, 6.45) is 18.4. The molecule has 4 aliphatic carbocycles. The van der Waals surface area contributed by atoms with Crippen molar-refractivity contribution < 1.29 is 53.8 Å². The minimum absolute atomic E-state index is 0. The first-order valence-corrected chi connectivity index (χ1v) is 13.3. The molecule has 0 aromatic heterocycles. The standard InChI is InChI=1S/C29H50.W.Y/c1-19(2)10-8-9-11-23-12-13-25-27-21(4)17-24-16-20(3)14-15-28(24,6)26(27)18-22(5)29(23,25)7;;/h10-11,19-27H,8-9,12-18H2,1-7H3;;/q-2;;/t20-,21?,22+,23?,24+,25?,26?,27?,28-,29+;;/m0../s1. The van der Waals surface area contributed by atoms with Crippen LogP contribution in [-0.2, 0) is 53.8 Å². The van der Waals surface area contributed by atoms with Crippen LogP contribution in [0.5, 0.6) is 0 Å². The van der Waals surface area contributed by atoms with Crippen molar-refractivity contribution in [2.45, 2.75) is 106 Å². The van der Waals surface area contributed by atoms with Gasteiger partial charge in [-0.1, -0.05) is 73.1 Å². The van der Waals surface area contributed by atoms with Crippen molar-refractivity contribution in [1.82, 2.24) is 0 Å². The number of hydrogen-bond donors (Lipinski definition) is 0. The summed E-state index contributed by atoms with van der Waals surface area (Å²) >= 11 is 0. The molecule has 1 radical (unpaired) electrons. The van der Waals surface area contributed by atoms with E-state index in [4.69, 9.17) is 0 Å². The van der Waals surface area contributed by atoms with Gasteiger partial charge in [-0.3, -0.25) is 0 Å². The molecule has 0 bridgehead atoms. The molecule has 4 rings (SSSR count). The molecule has 31 heavy (non-hydrogen) atoms. The van der Waals surface area contributed by atoms with Gasteiger partial charge in [-0.2, -0.15) is 11.8 Å². The molecular weight excluding hydrogens is 621 g/mol. The Morgan fingerprint density at radius 3 is 2.29 bits per heavy atom. The Bertz CT molecular complexity index is 575. The molecule has 4 fully saturated rings. The first kappa shape index (κ1) is 29.0. The summed E-state index contributed by atoms with van der Waals surface area (Å²) in [6.45, 7) is 17.9. The average Bonchev–Trinajstić information content (AvgIpc) is 2.99. The van der Waals surface area contributed by atoms with Crippen LogP contribution < -0.4 is 0 Å². The molecule has 0 spiro atoms. The van der Waals surface area contributed by atoms with Gasteiger partial charge in [0.25, 0.3) is 0 Å².